The fourth-order valence-electron chi connectivity index (χ4n) is 1.32. The molecule has 1 aromatic heterocycles. The summed E-state index contributed by atoms with van der Waals surface area (Å²) in [4.78, 5) is 16.0. The minimum atomic E-state index is -0.207. The SMILES string of the molecule is CCC(C)(C)CNC(=O)c1cncc(C#CCO)c1. The van der Waals surface area contributed by atoms with Crippen LogP contribution in [0.15, 0.2) is 18.5 Å². The van der Waals surface area contributed by atoms with Crippen LogP contribution >= 0.6 is 0 Å². The Morgan fingerprint density at radius 2 is 2.21 bits per heavy atom. The number of aliphatic hydroxyl groups is 1. The molecule has 0 aliphatic carbocycles. The van der Waals surface area contributed by atoms with Gasteiger partial charge in [0.15, 0.2) is 0 Å². The lowest BCUT2D eigenvalue weighted by atomic mass is 9.90. The van der Waals surface area contributed by atoms with Crippen LogP contribution < -0.4 is 5.32 Å². The molecule has 0 aliphatic rings. The molecule has 0 unspecified atom stereocenters. The number of aliphatic hydroxyl groups excluding tert-OH is 1. The molecule has 1 heterocycles. The minimum Gasteiger partial charge on any atom is -0.384 e. The number of nitrogens with one attached hydrogen (secondary N) is 1. The monoisotopic (exact) mass is 260 g/mol. The van der Waals surface area contributed by atoms with Crippen molar-refractivity contribution >= 4 is 5.91 Å². The molecule has 0 saturated carbocycles. The highest BCUT2D eigenvalue weighted by Crippen LogP contribution is 2.17. The molecular weight excluding hydrogens is 240 g/mol. The molecule has 0 saturated heterocycles. The van der Waals surface area contributed by atoms with Crippen LogP contribution in [-0.2, 0) is 0 Å². The van der Waals surface area contributed by atoms with E-state index in [1.165, 1.54) is 6.20 Å². The quantitative estimate of drug-likeness (QED) is 0.808. The molecule has 1 aromatic rings. The van der Waals surface area contributed by atoms with E-state index in [9.17, 15) is 4.79 Å². The predicted octanol–water partition coefficient (Wildman–Crippen LogP) is 1.59. The highest BCUT2D eigenvalue weighted by molar-refractivity contribution is 5.94. The Hall–Kier alpha value is -1.86. The Morgan fingerprint density at radius 3 is 2.84 bits per heavy atom. The maximum atomic E-state index is 12.0. The van der Waals surface area contributed by atoms with Crippen LogP contribution in [0.1, 0.15) is 43.1 Å². The van der Waals surface area contributed by atoms with Crippen molar-refractivity contribution in [3.63, 3.8) is 0 Å². The van der Waals surface area contributed by atoms with Gasteiger partial charge in [-0.1, -0.05) is 32.6 Å². The Balaban J connectivity index is 2.72. The van der Waals surface area contributed by atoms with E-state index >= 15 is 0 Å². The van der Waals surface area contributed by atoms with Crippen LogP contribution in [-0.4, -0.2) is 29.1 Å². The number of carbonyl (C=O) groups excluding carboxylic acids is 1. The highest BCUT2D eigenvalue weighted by Gasteiger charge is 2.16. The van der Waals surface area contributed by atoms with Gasteiger partial charge in [-0.2, -0.15) is 0 Å². The van der Waals surface area contributed by atoms with Gasteiger partial charge in [0.1, 0.15) is 6.61 Å². The molecule has 0 aromatic carbocycles. The molecule has 1 rings (SSSR count). The number of aromatic nitrogens is 1. The zero-order valence-corrected chi connectivity index (χ0v) is 11.7. The lowest BCUT2D eigenvalue weighted by Crippen LogP contribution is -2.33. The predicted molar refractivity (Wildman–Crippen MR) is 74.6 cm³/mol. The third kappa shape index (κ3) is 5.11. The van der Waals surface area contributed by atoms with Crippen molar-refractivity contribution in [1.29, 1.82) is 0 Å². The van der Waals surface area contributed by atoms with Crippen LogP contribution in [0.5, 0.6) is 0 Å². The second-order valence-electron chi connectivity index (χ2n) is 5.12. The summed E-state index contributed by atoms with van der Waals surface area (Å²) in [5.41, 5.74) is 1.19. The van der Waals surface area contributed by atoms with Crippen molar-refractivity contribution in [2.75, 3.05) is 13.2 Å². The van der Waals surface area contributed by atoms with Gasteiger partial charge in [0.25, 0.3) is 5.91 Å². The molecule has 4 nitrogen and oxygen atoms in total. The van der Waals surface area contributed by atoms with Crippen molar-refractivity contribution < 1.29 is 9.90 Å². The summed E-state index contributed by atoms with van der Waals surface area (Å²) in [5.74, 6) is 5.11. The molecule has 0 radical (unpaired) electrons. The van der Waals surface area contributed by atoms with Crippen molar-refractivity contribution in [3.05, 3.63) is 29.6 Å². The number of hydrogen-bond acceptors (Lipinski definition) is 3. The normalized spacial score (nSPS) is 10.5. The van der Waals surface area contributed by atoms with Gasteiger partial charge in [0.2, 0.25) is 0 Å². The second-order valence-corrected chi connectivity index (χ2v) is 5.12. The summed E-state index contributed by atoms with van der Waals surface area (Å²) in [6.45, 7) is 6.72. The van der Waals surface area contributed by atoms with Crippen LogP contribution in [0.4, 0.5) is 0 Å². The fourth-order valence-corrected chi connectivity index (χ4v) is 1.32. The molecule has 19 heavy (non-hydrogen) atoms. The van der Waals surface area contributed by atoms with Gasteiger partial charge in [0.05, 0.1) is 5.56 Å². The van der Waals surface area contributed by atoms with E-state index in [4.69, 9.17) is 5.11 Å². The number of amides is 1. The Bertz CT molecular complexity index is 498. The zero-order chi connectivity index (χ0) is 14.3. The van der Waals surface area contributed by atoms with E-state index < -0.39 is 0 Å². The van der Waals surface area contributed by atoms with Gasteiger partial charge < -0.3 is 10.4 Å². The number of carbonyl (C=O) groups is 1. The van der Waals surface area contributed by atoms with Crippen LogP contribution in [0.3, 0.4) is 0 Å². The number of rotatable bonds is 4. The average molecular weight is 260 g/mol. The lowest BCUT2D eigenvalue weighted by molar-refractivity contribution is 0.0935. The second kappa shape index (κ2) is 6.91. The topological polar surface area (TPSA) is 62.2 Å². The highest BCUT2D eigenvalue weighted by atomic mass is 16.2. The largest absolute Gasteiger partial charge is 0.384 e. The third-order valence-corrected chi connectivity index (χ3v) is 3.00. The maximum absolute atomic E-state index is 12.0. The Morgan fingerprint density at radius 1 is 1.47 bits per heavy atom. The minimum absolute atomic E-state index is 0.0807. The van der Waals surface area contributed by atoms with Gasteiger partial charge in [-0.05, 0) is 17.9 Å². The van der Waals surface area contributed by atoms with E-state index in [0.29, 0.717) is 17.7 Å². The van der Waals surface area contributed by atoms with Gasteiger partial charge >= 0.3 is 0 Å². The first-order valence-corrected chi connectivity index (χ1v) is 6.31. The summed E-state index contributed by atoms with van der Waals surface area (Å²) in [7, 11) is 0. The van der Waals surface area contributed by atoms with E-state index in [1.807, 2.05) is 0 Å². The Kier molecular flexibility index (Phi) is 5.53. The van der Waals surface area contributed by atoms with E-state index in [0.717, 1.165) is 6.42 Å². The molecule has 102 valence electrons. The molecule has 0 atom stereocenters. The lowest BCUT2D eigenvalue weighted by Gasteiger charge is -2.22. The van der Waals surface area contributed by atoms with E-state index in [1.54, 1.807) is 12.3 Å². The summed E-state index contributed by atoms with van der Waals surface area (Å²) in [5, 5.41) is 11.5. The Labute approximate surface area is 114 Å². The van der Waals surface area contributed by atoms with Crippen molar-refractivity contribution in [1.82, 2.24) is 10.3 Å². The van der Waals surface area contributed by atoms with E-state index in [-0.39, 0.29) is 17.9 Å². The number of hydrogen-bond donors (Lipinski definition) is 2. The van der Waals surface area contributed by atoms with Crippen molar-refractivity contribution in [2.24, 2.45) is 5.41 Å². The first-order chi connectivity index (χ1) is 8.98. The van der Waals surface area contributed by atoms with Gasteiger partial charge in [-0.25, -0.2) is 0 Å². The fraction of sp³-hybridized carbons (Fsp3) is 0.467. The molecule has 0 spiro atoms. The van der Waals surface area contributed by atoms with E-state index in [2.05, 4.69) is 42.9 Å². The van der Waals surface area contributed by atoms with Gasteiger partial charge in [-0.15, -0.1) is 0 Å². The maximum Gasteiger partial charge on any atom is 0.252 e. The number of nitrogens with zero attached hydrogens (tertiary/aromatic N) is 1. The molecule has 1 amide bonds. The van der Waals surface area contributed by atoms with Crippen molar-refractivity contribution in [3.8, 4) is 11.8 Å². The summed E-state index contributed by atoms with van der Waals surface area (Å²) in [6.07, 6.45) is 4.07. The zero-order valence-electron chi connectivity index (χ0n) is 11.7. The van der Waals surface area contributed by atoms with Crippen molar-refractivity contribution in [2.45, 2.75) is 27.2 Å². The first kappa shape index (κ1) is 15.2. The average Bonchev–Trinajstić information content (AvgIpc) is 2.43. The first-order valence-electron chi connectivity index (χ1n) is 6.31. The van der Waals surface area contributed by atoms with Crippen LogP contribution in [0, 0.1) is 17.3 Å². The molecule has 0 fully saturated rings. The molecule has 0 aliphatic heterocycles. The smallest absolute Gasteiger partial charge is 0.252 e. The summed E-state index contributed by atoms with van der Waals surface area (Å²) in [6, 6.07) is 1.67. The molecular formula is C15H20N2O2. The molecule has 4 heteroatoms. The third-order valence-electron chi connectivity index (χ3n) is 3.00. The van der Waals surface area contributed by atoms with Crippen LogP contribution in [0.2, 0.25) is 0 Å². The number of pyridine rings is 1. The van der Waals surface area contributed by atoms with Gasteiger partial charge in [0, 0.05) is 24.5 Å². The van der Waals surface area contributed by atoms with Crippen LogP contribution in [0.25, 0.3) is 0 Å². The summed E-state index contributed by atoms with van der Waals surface area (Å²) < 4.78 is 0. The molecule has 2 N–H and O–H groups in total. The standard InChI is InChI=1S/C15H20N2O2/c1-4-15(2,3)11-17-14(19)13-8-12(6-5-7-18)9-16-10-13/h8-10,18H,4,7,11H2,1-3H3,(H,17,19). The molecule has 0 bridgehead atoms. The van der Waals surface area contributed by atoms with Gasteiger partial charge in [-0.3, -0.25) is 9.78 Å². The summed E-state index contributed by atoms with van der Waals surface area (Å²) >= 11 is 0.